The van der Waals surface area contributed by atoms with E-state index in [1.54, 1.807) is 25.1 Å². The van der Waals surface area contributed by atoms with Crippen molar-refractivity contribution in [1.82, 2.24) is 19.7 Å². The number of methoxy groups -OCH3 is 1. The number of ether oxygens (including phenoxy) is 1. The molecule has 1 fully saturated rings. The number of thioether (sulfide) groups is 1. The number of amides is 1. The van der Waals surface area contributed by atoms with Gasteiger partial charge in [0.25, 0.3) is 5.91 Å². The number of rotatable bonds is 8. The number of furan rings is 1. The van der Waals surface area contributed by atoms with Crippen LogP contribution in [0.15, 0.2) is 76.5 Å². The molecule has 34 heavy (non-hydrogen) atoms. The smallest absolute Gasteiger partial charge is 0.253 e. The summed E-state index contributed by atoms with van der Waals surface area (Å²) in [6.45, 7) is 2.24. The fourth-order valence-electron chi connectivity index (χ4n) is 4.07. The standard InChI is InChI=1S/C26H26N4O3S/c1-32-22-7-4-6-21(16-22)24-27-28-26(30(24)17-23-8-5-15-33-23)34-18-19-9-11-20(12-10-19)25(31)29-13-2-3-14-29/h4-12,15-16H,2-3,13-14,17-18H2,1H3. The Labute approximate surface area is 202 Å². The van der Waals surface area contributed by atoms with Crippen molar-refractivity contribution in [3.05, 3.63) is 83.8 Å². The van der Waals surface area contributed by atoms with Crippen LogP contribution in [0.25, 0.3) is 11.4 Å². The molecule has 0 N–H and O–H groups in total. The number of hydrogen-bond donors (Lipinski definition) is 0. The Kier molecular flexibility index (Phi) is 6.67. The number of hydrogen-bond acceptors (Lipinski definition) is 6. The molecule has 0 aliphatic carbocycles. The second-order valence-electron chi connectivity index (χ2n) is 8.19. The second-order valence-corrected chi connectivity index (χ2v) is 9.13. The average Bonchev–Trinajstić information content (AvgIpc) is 3.66. The molecular weight excluding hydrogens is 448 g/mol. The minimum absolute atomic E-state index is 0.123. The number of nitrogens with zero attached hydrogens (tertiary/aromatic N) is 4. The zero-order valence-electron chi connectivity index (χ0n) is 19.0. The molecule has 0 atom stereocenters. The molecule has 0 bridgehead atoms. The van der Waals surface area contributed by atoms with E-state index in [1.807, 2.05) is 65.6 Å². The molecule has 174 valence electrons. The van der Waals surface area contributed by atoms with Gasteiger partial charge in [-0.1, -0.05) is 36.0 Å². The van der Waals surface area contributed by atoms with E-state index in [9.17, 15) is 4.79 Å². The first-order chi connectivity index (χ1) is 16.7. The maximum absolute atomic E-state index is 12.6. The molecule has 3 heterocycles. The van der Waals surface area contributed by atoms with Crippen molar-refractivity contribution in [3.8, 4) is 17.1 Å². The Morgan fingerprint density at radius 2 is 1.88 bits per heavy atom. The Balaban J connectivity index is 1.35. The number of likely N-dealkylation sites (tertiary alicyclic amines) is 1. The maximum Gasteiger partial charge on any atom is 0.253 e. The Bertz CT molecular complexity index is 1250. The van der Waals surface area contributed by atoms with E-state index in [2.05, 4.69) is 14.8 Å². The maximum atomic E-state index is 12.6. The summed E-state index contributed by atoms with van der Waals surface area (Å²) in [6.07, 6.45) is 3.86. The number of benzene rings is 2. The fourth-order valence-corrected chi connectivity index (χ4v) is 4.96. The van der Waals surface area contributed by atoms with E-state index in [1.165, 1.54) is 0 Å². The van der Waals surface area contributed by atoms with Gasteiger partial charge in [-0.3, -0.25) is 9.36 Å². The molecule has 0 spiro atoms. The van der Waals surface area contributed by atoms with Gasteiger partial charge >= 0.3 is 0 Å². The molecule has 0 radical (unpaired) electrons. The zero-order chi connectivity index (χ0) is 23.3. The third-order valence-electron chi connectivity index (χ3n) is 5.90. The van der Waals surface area contributed by atoms with E-state index >= 15 is 0 Å². The van der Waals surface area contributed by atoms with Crippen molar-refractivity contribution in [2.24, 2.45) is 0 Å². The summed E-state index contributed by atoms with van der Waals surface area (Å²) < 4.78 is 13.0. The first-order valence-corrected chi connectivity index (χ1v) is 12.3. The van der Waals surface area contributed by atoms with E-state index in [-0.39, 0.29) is 5.91 Å². The van der Waals surface area contributed by atoms with Gasteiger partial charge in [-0.2, -0.15) is 0 Å². The van der Waals surface area contributed by atoms with Gasteiger partial charge in [0, 0.05) is 30.0 Å². The minimum atomic E-state index is 0.123. The van der Waals surface area contributed by atoms with Crippen LogP contribution in [0.3, 0.4) is 0 Å². The predicted molar refractivity (Wildman–Crippen MR) is 131 cm³/mol. The molecule has 1 saturated heterocycles. The van der Waals surface area contributed by atoms with Crippen LogP contribution in [-0.2, 0) is 12.3 Å². The average molecular weight is 475 g/mol. The summed E-state index contributed by atoms with van der Waals surface area (Å²) >= 11 is 1.61. The van der Waals surface area contributed by atoms with Crippen LogP contribution in [0.1, 0.15) is 34.5 Å². The summed E-state index contributed by atoms with van der Waals surface area (Å²) in [4.78, 5) is 14.5. The normalized spacial score (nSPS) is 13.4. The van der Waals surface area contributed by atoms with Crippen molar-refractivity contribution in [3.63, 3.8) is 0 Å². The molecule has 1 aliphatic heterocycles. The molecule has 2 aromatic carbocycles. The van der Waals surface area contributed by atoms with Crippen LogP contribution in [0, 0.1) is 0 Å². The van der Waals surface area contributed by atoms with Gasteiger partial charge < -0.3 is 14.1 Å². The van der Waals surface area contributed by atoms with Crippen molar-refractivity contribution in [2.45, 2.75) is 30.3 Å². The van der Waals surface area contributed by atoms with Crippen molar-refractivity contribution in [1.29, 1.82) is 0 Å². The lowest BCUT2D eigenvalue weighted by atomic mass is 10.1. The third kappa shape index (κ3) is 4.87. The van der Waals surface area contributed by atoms with E-state index < -0.39 is 0 Å². The van der Waals surface area contributed by atoms with Crippen LogP contribution < -0.4 is 4.74 Å². The summed E-state index contributed by atoms with van der Waals surface area (Å²) in [7, 11) is 1.65. The van der Waals surface area contributed by atoms with E-state index in [0.29, 0.717) is 12.3 Å². The highest BCUT2D eigenvalue weighted by molar-refractivity contribution is 7.98. The SMILES string of the molecule is COc1cccc(-c2nnc(SCc3ccc(C(=O)N4CCCC4)cc3)n2Cc2ccco2)c1. The van der Waals surface area contributed by atoms with Gasteiger partial charge in [0.1, 0.15) is 11.5 Å². The highest BCUT2D eigenvalue weighted by Gasteiger charge is 2.20. The quantitative estimate of drug-likeness (QED) is 0.330. The molecule has 0 unspecified atom stereocenters. The van der Waals surface area contributed by atoms with Gasteiger partial charge in [-0.15, -0.1) is 10.2 Å². The van der Waals surface area contributed by atoms with Crippen molar-refractivity contribution >= 4 is 17.7 Å². The van der Waals surface area contributed by atoms with E-state index in [4.69, 9.17) is 9.15 Å². The lowest BCUT2D eigenvalue weighted by molar-refractivity contribution is 0.0793. The van der Waals surface area contributed by atoms with Crippen LogP contribution >= 0.6 is 11.8 Å². The molecule has 2 aromatic heterocycles. The molecule has 4 aromatic rings. The number of carbonyl (C=O) groups excluding carboxylic acids is 1. The number of carbonyl (C=O) groups is 1. The predicted octanol–water partition coefficient (Wildman–Crippen LogP) is 5.12. The molecule has 1 amide bonds. The topological polar surface area (TPSA) is 73.4 Å². The van der Waals surface area contributed by atoms with Crippen molar-refractivity contribution < 1.29 is 13.9 Å². The van der Waals surface area contributed by atoms with Gasteiger partial charge in [0.05, 0.1) is 19.9 Å². The first kappa shape index (κ1) is 22.3. The highest BCUT2D eigenvalue weighted by Crippen LogP contribution is 2.29. The van der Waals surface area contributed by atoms with Crippen LogP contribution in [0.4, 0.5) is 0 Å². The Hall–Kier alpha value is -3.52. The van der Waals surface area contributed by atoms with Crippen LogP contribution in [0.5, 0.6) is 5.75 Å². The first-order valence-electron chi connectivity index (χ1n) is 11.3. The minimum Gasteiger partial charge on any atom is -0.497 e. The molecule has 5 rings (SSSR count). The molecule has 7 nitrogen and oxygen atoms in total. The molecule has 1 aliphatic rings. The van der Waals surface area contributed by atoms with Gasteiger partial charge in [0.15, 0.2) is 11.0 Å². The monoisotopic (exact) mass is 474 g/mol. The third-order valence-corrected chi connectivity index (χ3v) is 6.94. The van der Waals surface area contributed by atoms with E-state index in [0.717, 1.165) is 65.1 Å². The second kappa shape index (κ2) is 10.2. The molecule has 8 heteroatoms. The van der Waals surface area contributed by atoms with Gasteiger partial charge in [-0.25, -0.2) is 0 Å². The largest absolute Gasteiger partial charge is 0.497 e. The lowest BCUT2D eigenvalue weighted by Crippen LogP contribution is -2.27. The fraction of sp³-hybridized carbons (Fsp3) is 0.269. The lowest BCUT2D eigenvalue weighted by Gasteiger charge is -2.15. The summed E-state index contributed by atoms with van der Waals surface area (Å²) in [5.41, 5.74) is 2.80. The summed E-state index contributed by atoms with van der Waals surface area (Å²) in [5, 5.41) is 9.75. The van der Waals surface area contributed by atoms with Crippen LogP contribution in [-0.4, -0.2) is 45.8 Å². The molecule has 0 saturated carbocycles. The summed E-state index contributed by atoms with van der Waals surface area (Å²) in [6, 6.07) is 19.5. The highest BCUT2D eigenvalue weighted by atomic mass is 32.2. The van der Waals surface area contributed by atoms with Crippen LogP contribution in [0.2, 0.25) is 0 Å². The zero-order valence-corrected chi connectivity index (χ0v) is 19.8. The van der Waals surface area contributed by atoms with Gasteiger partial charge in [-0.05, 0) is 54.8 Å². The van der Waals surface area contributed by atoms with Gasteiger partial charge in [0.2, 0.25) is 0 Å². The Morgan fingerprint density at radius 1 is 1.06 bits per heavy atom. The number of aromatic nitrogens is 3. The summed E-state index contributed by atoms with van der Waals surface area (Å²) in [5.74, 6) is 3.19. The Morgan fingerprint density at radius 3 is 2.62 bits per heavy atom. The molecular formula is C26H26N4O3S. The van der Waals surface area contributed by atoms with Crippen molar-refractivity contribution in [2.75, 3.05) is 20.2 Å².